The minimum atomic E-state index is -3.93. The van der Waals surface area contributed by atoms with Crippen LogP contribution in [0.5, 0.6) is 5.75 Å². The van der Waals surface area contributed by atoms with E-state index in [4.69, 9.17) is 30.0 Å². The first-order chi connectivity index (χ1) is 18.4. The van der Waals surface area contributed by atoms with Crippen LogP contribution in [-0.2, 0) is 36.5 Å². The molecule has 1 unspecified atom stereocenters. The molecule has 2 aliphatic heterocycles. The van der Waals surface area contributed by atoms with E-state index in [0.29, 0.717) is 16.8 Å². The van der Waals surface area contributed by atoms with Crippen LogP contribution in [0.4, 0.5) is 11.8 Å². The van der Waals surface area contributed by atoms with Crippen LogP contribution in [0.3, 0.4) is 0 Å². The van der Waals surface area contributed by atoms with Crippen molar-refractivity contribution >= 4 is 36.6 Å². The largest absolute Gasteiger partial charge is 0.461 e. The number of hydrogen-bond acceptors (Lipinski definition) is 14. The number of aliphatic hydroxyl groups excluding tert-OH is 1. The number of imidazole rings is 1. The number of fused-ring (bicyclic) bond motifs is 2. The molecule has 5 rings (SSSR count). The van der Waals surface area contributed by atoms with Crippen LogP contribution >= 0.6 is 7.75 Å². The fourth-order valence-electron chi connectivity index (χ4n) is 4.45. The molecule has 3 aromatic heterocycles. The molecule has 1 saturated heterocycles. The van der Waals surface area contributed by atoms with Crippen molar-refractivity contribution in [1.82, 2.24) is 29.6 Å². The second-order valence-electron chi connectivity index (χ2n) is 9.40. The molecule has 2 aliphatic rings. The Hall–Kier alpha value is -3.40. The molecular weight excluding hydrogens is 535 g/mol. The Morgan fingerprint density at radius 1 is 1.36 bits per heavy atom. The third-order valence-corrected chi connectivity index (χ3v) is 8.08. The van der Waals surface area contributed by atoms with Gasteiger partial charge in [-0.3, -0.25) is 18.9 Å². The minimum absolute atomic E-state index is 0.0117. The predicted octanol–water partition coefficient (Wildman–Crippen LogP) is 0.464. The number of ether oxygens (including phenoxy) is 2. The quantitative estimate of drug-likeness (QED) is 0.194. The Bertz CT molecular complexity index is 1480. The van der Waals surface area contributed by atoms with Gasteiger partial charge < -0.3 is 35.7 Å². The lowest BCUT2D eigenvalue weighted by Gasteiger charge is -2.29. The highest BCUT2D eigenvalue weighted by Gasteiger charge is 2.54. The van der Waals surface area contributed by atoms with Gasteiger partial charge in [-0.2, -0.15) is 9.97 Å². The molecule has 5 atom stereocenters. The third-order valence-electron chi connectivity index (χ3n) is 6.62. The summed E-state index contributed by atoms with van der Waals surface area (Å²) in [5.74, 6) is -0.171. The zero-order valence-electron chi connectivity index (χ0n) is 21.4. The van der Waals surface area contributed by atoms with Crippen molar-refractivity contribution in [2.75, 3.05) is 18.1 Å². The van der Waals surface area contributed by atoms with Crippen molar-refractivity contribution in [1.29, 1.82) is 0 Å². The average Bonchev–Trinajstić information content (AvgIpc) is 3.40. The molecule has 210 valence electrons. The molecule has 16 nitrogen and oxygen atoms in total. The van der Waals surface area contributed by atoms with E-state index in [0.717, 1.165) is 0 Å². The van der Waals surface area contributed by atoms with Gasteiger partial charge >= 0.3 is 13.7 Å². The fraction of sp³-hybridized carbons (Fsp3) is 0.500. The summed E-state index contributed by atoms with van der Waals surface area (Å²) < 4.78 is 37.2. The van der Waals surface area contributed by atoms with Crippen molar-refractivity contribution < 1.29 is 38.1 Å². The number of aromatic nitrogens is 5. The number of aliphatic hydroxyl groups is 2. The van der Waals surface area contributed by atoms with Crippen molar-refractivity contribution in [3.8, 4) is 5.75 Å². The van der Waals surface area contributed by atoms with Gasteiger partial charge in [0.1, 0.15) is 29.9 Å². The van der Waals surface area contributed by atoms with Crippen LogP contribution in [0.1, 0.15) is 43.3 Å². The lowest BCUT2D eigenvalue weighted by atomic mass is 9.96. The van der Waals surface area contributed by atoms with Crippen LogP contribution in [0.2, 0.25) is 0 Å². The second-order valence-corrected chi connectivity index (χ2v) is 11.2. The van der Waals surface area contributed by atoms with E-state index in [1.54, 1.807) is 20.0 Å². The fourth-order valence-corrected chi connectivity index (χ4v) is 5.84. The Morgan fingerprint density at radius 2 is 2.13 bits per heavy atom. The van der Waals surface area contributed by atoms with Crippen molar-refractivity contribution in [3.05, 3.63) is 29.3 Å². The van der Waals surface area contributed by atoms with Gasteiger partial charge in [0.15, 0.2) is 23.4 Å². The van der Waals surface area contributed by atoms with Gasteiger partial charge in [0, 0.05) is 30.3 Å². The molecule has 1 fully saturated rings. The maximum atomic E-state index is 13.4. The number of rotatable bonds is 7. The number of nitrogens with one attached hydrogen (secondary N) is 1. The smallest absolute Gasteiger partial charge is 0.459 e. The van der Waals surface area contributed by atoms with Crippen molar-refractivity contribution in [2.24, 2.45) is 0 Å². The number of carbonyl (C=O) groups excluding carboxylic acids is 1. The molecule has 0 aliphatic carbocycles. The molecule has 0 bridgehead atoms. The predicted molar refractivity (Wildman–Crippen MR) is 135 cm³/mol. The molecule has 0 spiro atoms. The van der Waals surface area contributed by atoms with Crippen LogP contribution in [0.15, 0.2) is 12.5 Å². The third kappa shape index (κ3) is 4.90. The van der Waals surface area contributed by atoms with Gasteiger partial charge in [0.25, 0.3) is 0 Å². The highest BCUT2D eigenvalue weighted by Crippen LogP contribution is 2.51. The van der Waals surface area contributed by atoms with Gasteiger partial charge in [-0.05, 0) is 13.8 Å². The number of nitrogens with two attached hydrogens (primary N) is 2. The molecular formula is C22H29N8O8P. The Morgan fingerprint density at radius 3 is 2.87 bits per heavy atom. The number of nitrogen functional groups attached to an aromatic ring is 2. The number of carbonyl (C=O) groups is 1. The summed E-state index contributed by atoms with van der Waals surface area (Å²) in [5, 5.41) is 24.7. The topological polar surface area (TPSA) is 232 Å². The van der Waals surface area contributed by atoms with E-state index in [1.165, 1.54) is 17.8 Å². The number of aryl methyl sites for hydroxylation is 1. The lowest BCUT2D eigenvalue weighted by molar-refractivity contribution is -0.144. The number of esters is 1. The van der Waals surface area contributed by atoms with E-state index in [1.807, 2.05) is 0 Å². The van der Waals surface area contributed by atoms with Crippen molar-refractivity contribution in [2.45, 2.75) is 64.4 Å². The highest BCUT2D eigenvalue weighted by atomic mass is 31.2. The molecule has 17 heteroatoms. The number of pyridine rings is 1. The van der Waals surface area contributed by atoms with E-state index in [-0.39, 0.29) is 54.2 Å². The number of anilines is 2. The average molecular weight is 564 g/mol. The van der Waals surface area contributed by atoms with Crippen LogP contribution in [0.25, 0.3) is 11.2 Å². The first-order valence-corrected chi connectivity index (χ1v) is 13.6. The highest BCUT2D eigenvalue weighted by molar-refractivity contribution is 7.52. The van der Waals surface area contributed by atoms with E-state index in [2.05, 4.69) is 25.0 Å². The normalized spacial score (nSPS) is 28.3. The summed E-state index contributed by atoms with van der Waals surface area (Å²) in [5.41, 5.74) is 11.9. The standard InChI is InChI=1S/C22H29N8O8P/c1-4-14(31)35-7-11-5-25-10(2)16-12(11)6-27-39(34,38-16)36-8-13-17(32)22(3,33)20(37-13)30-9-26-15-18(23)28-21(24)29-19(15)30/h5,9,13,17,20,32-33H,4,6-8H2,1-3H3,(H,27,34)(H4,23,24,28,29)/t13-,17+,20-,22+,39?/m1/s1. The van der Waals surface area contributed by atoms with Crippen molar-refractivity contribution in [3.63, 3.8) is 0 Å². The second kappa shape index (κ2) is 9.97. The molecule has 5 heterocycles. The molecule has 0 aromatic carbocycles. The Labute approximate surface area is 222 Å². The maximum absolute atomic E-state index is 13.4. The van der Waals surface area contributed by atoms with E-state index < -0.39 is 38.4 Å². The molecule has 0 amide bonds. The van der Waals surface area contributed by atoms with Crippen LogP contribution < -0.4 is 21.1 Å². The Kier molecular flexibility index (Phi) is 6.95. The van der Waals surface area contributed by atoms with Gasteiger partial charge in [-0.1, -0.05) is 6.92 Å². The summed E-state index contributed by atoms with van der Waals surface area (Å²) >= 11 is 0. The first-order valence-electron chi connectivity index (χ1n) is 12.1. The van der Waals surface area contributed by atoms with Gasteiger partial charge in [0.05, 0.1) is 18.6 Å². The molecule has 7 N–H and O–H groups in total. The summed E-state index contributed by atoms with van der Waals surface area (Å²) in [6.07, 6.45) is -0.605. The van der Waals surface area contributed by atoms with Crippen LogP contribution in [0, 0.1) is 6.92 Å². The van der Waals surface area contributed by atoms with E-state index >= 15 is 0 Å². The maximum Gasteiger partial charge on any atom is 0.459 e. The van der Waals surface area contributed by atoms with Gasteiger partial charge in [-0.15, -0.1) is 0 Å². The Balaban J connectivity index is 1.32. The molecule has 0 saturated carbocycles. The van der Waals surface area contributed by atoms with Gasteiger partial charge in [0.2, 0.25) is 5.95 Å². The lowest BCUT2D eigenvalue weighted by Crippen LogP contribution is -2.44. The zero-order valence-corrected chi connectivity index (χ0v) is 22.3. The first kappa shape index (κ1) is 27.2. The monoisotopic (exact) mass is 564 g/mol. The van der Waals surface area contributed by atoms with E-state index in [9.17, 15) is 19.6 Å². The number of nitrogens with zero attached hydrogens (tertiary/aromatic N) is 5. The minimum Gasteiger partial charge on any atom is -0.461 e. The van der Waals surface area contributed by atoms with Crippen LogP contribution in [-0.4, -0.2) is 65.1 Å². The van der Waals surface area contributed by atoms with Gasteiger partial charge in [-0.25, -0.2) is 14.6 Å². The summed E-state index contributed by atoms with van der Waals surface area (Å²) in [6, 6.07) is 0. The summed E-state index contributed by atoms with van der Waals surface area (Å²) in [4.78, 5) is 28.0. The number of hydrogen-bond donors (Lipinski definition) is 5. The summed E-state index contributed by atoms with van der Waals surface area (Å²) in [6.45, 7) is 4.42. The molecule has 3 aromatic rings. The molecule has 0 radical (unpaired) electrons. The molecule has 39 heavy (non-hydrogen) atoms. The summed E-state index contributed by atoms with van der Waals surface area (Å²) in [7, 11) is -3.93. The zero-order chi connectivity index (χ0) is 28.1. The SMILES string of the molecule is CCC(=O)OCc1cnc(C)c2c1CNP(=O)(OC[C@H]1O[C@@H](n3cnc4c(N)nc(N)nc43)[C@@](C)(O)[C@H]1O)O2.